The van der Waals surface area contributed by atoms with Gasteiger partial charge in [0.15, 0.2) is 0 Å². The quantitative estimate of drug-likeness (QED) is 0.0797. The van der Waals surface area contributed by atoms with Gasteiger partial charge in [0.25, 0.3) is 5.91 Å². The molecule has 0 aliphatic rings. The summed E-state index contributed by atoms with van der Waals surface area (Å²) in [6.45, 7) is 2.41. The van der Waals surface area contributed by atoms with Gasteiger partial charge in [-0.25, -0.2) is 10.5 Å². The van der Waals surface area contributed by atoms with Gasteiger partial charge in [-0.15, -0.1) is 0 Å². The third kappa shape index (κ3) is 6.78. The molecular formula is C24H30N6O2. The van der Waals surface area contributed by atoms with Gasteiger partial charge >= 0.3 is 0 Å². The Morgan fingerprint density at radius 1 is 1.19 bits per heavy atom. The van der Waals surface area contributed by atoms with Crippen molar-refractivity contribution in [2.45, 2.75) is 19.5 Å². The van der Waals surface area contributed by atoms with Gasteiger partial charge < -0.3 is 15.7 Å². The molecule has 0 saturated carbocycles. The van der Waals surface area contributed by atoms with E-state index in [1.807, 2.05) is 36.3 Å². The molecule has 2 aromatic carbocycles. The number of hydrogen-bond donors (Lipinski definition) is 5. The SMILES string of the molecule is CN=CNN(C)Cc1ccc2[nH]cc(CCNCc3ccc(/C=C/C(=O)NO)cc3)c2c1. The van der Waals surface area contributed by atoms with Crippen LogP contribution in [0.1, 0.15) is 22.3 Å². The summed E-state index contributed by atoms with van der Waals surface area (Å²) in [4.78, 5) is 18.3. The second-order valence-electron chi connectivity index (χ2n) is 7.54. The van der Waals surface area contributed by atoms with Crippen molar-refractivity contribution in [3.63, 3.8) is 0 Å². The molecule has 5 N–H and O–H groups in total. The number of benzene rings is 2. The summed E-state index contributed by atoms with van der Waals surface area (Å²) < 4.78 is 0. The van der Waals surface area contributed by atoms with Gasteiger partial charge in [-0.05, 0) is 53.4 Å². The average molecular weight is 435 g/mol. The first-order valence-electron chi connectivity index (χ1n) is 10.5. The van der Waals surface area contributed by atoms with E-state index in [-0.39, 0.29) is 0 Å². The fraction of sp³-hybridized carbons (Fsp3) is 0.250. The van der Waals surface area contributed by atoms with Gasteiger partial charge in [-0.2, -0.15) is 0 Å². The van der Waals surface area contributed by atoms with Crippen molar-refractivity contribution in [3.05, 3.63) is 77.0 Å². The lowest BCUT2D eigenvalue weighted by Crippen LogP contribution is -2.32. The van der Waals surface area contributed by atoms with E-state index >= 15 is 0 Å². The molecule has 1 amide bonds. The molecule has 1 heterocycles. The highest BCUT2D eigenvalue weighted by Crippen LogP contribution is 2.21. The Kier molecular flexibility index (Phi) is 8.56. The Morgan fingerprint density at radius 3 is 2.72 bits per heavy atom. The van der Waals surface area contributed by atoms with Crippen LogP contribution in [0.25, 0.3) is 17.0 Å². The Labute approximate surface area is 188 Å². The minimum Gasteiger partial charge on any atom is -0.361 e. The van der Waals surface area contributed by atoms with E-state index < -0.39 is 5.91 Å². The van der Waals surface area contributed by atoms with Crippen molar-refractivity contribution in [3.8, 4) is 0 Å². The monoisotopic (exact) mass is 434 g/mol. The van der Waals surface area contributed by atoms with Gasteiger partial charge in [0.1, 0.15) is 0 Å². The molecule has 0 radical (unpaired) electrons. The molecule has 3 aromatic rings. The van der Waals surface area contributed by atoms with Crippen LogP contribution in [0.2, 0.25) is 0 Å². The zero-order valence-electron chi connectivity index (χ0n) is 18.4. The molecule has 8 nitrogen and oxygen atoms in total. The maximum Gasteiger partial charge on any atom is 0.267 e. The van der Waals surface area contributed by atoms with Crippen molar-refractivity contribution in [2.75, 3.05) is 20.6 Å². The predicted molar refractivity (Wildman–Crippen MR) is 128 cm³/mol. The highest BCUT2D eigenvalue weighted by Gasteiger charge is 2.06. The van der Waals surface area contributed by atoms with Gasteiger partial charge in [-0.3, -0.25) is 15.0 Å². The minimum absolute atomic E-state index is 0.547. The van der Waals surface area contributed by atoms with Crippen molar-refractivity contribution in [1.82, 2.24) is 26.2 Å². The standard InChI is InChI=1S/C24H30N6O2/c1-25-17-28-30(2)16-20-7-9-23-22(13-20)21(15-27-23)11-12-26-14-19-5-3-18(4-6-19)8-10-24(31)29-32/h3-10,13,15,17,26-27,32H,11-12,14,16H2,1-2H3,(H,25,28)(H,29,31)/b10-8+. The van der Waals surface area contributed by atoms with E-state index in [1.165, 1.54) is 28.2 Å². The number of amides is 1. The van der Waals surface area contributed by atoms with Crippen molar-refractivity contribution >= 4 is 29.2 Å². The van der Waals surface area contributed by atoms with Crippen LogP contribution in [-0.2, 0) is 24.3 Å². The van der Waals surface area contributed by atoms with Crippen LogP contribution < -0.4 is 16.2 Å². The Bertz CT molecular complexity index is 1070. The number of H-pyrrole nitrogens is 1. The van der Waals surface area contributed by atoms with Crippen molar-refractivity contribution < 1.29 is 10.0 Å². The third-order valence-electron chi connectivity index (χ3n) is 5.08. The van der Waals surface area contributed by atoms with Crippen LogP contribution in [-0.4, -0.2) is 48.1 Å². The summed E-state index contributed by atoms with van der Waals surface area (Å²) in [6.07, 6.45) is 7.63. The first-order valence-corrected chi connectivity index (χ1v) is 10.5. The summed E-state index contributed by atoms with van der Waals surface area (Å²) in [5.74, 6) is -0.547. The van der Waals surface area contributed by atoms with Gasteiger partial charge in [-0.1, -0.05) is 30.3 Å². The molecule has 0 aliphatic heterocycles. The zero-order chi connectivity index (χ0) is 22.8. The topological polar surface area (TPSA) is 105 Å². The molecule has 8 heteroatoms. The lowest BCUT2D eigenvalue weighted by molar-refractivity contribution is -0.124. The number of hydroxylamine groups is 1. The molecule has 0 bridgehead atoms. The van der Waals surface area contributed by atoms with E-state index in [0.717, 1.165) is 37.1 Å². The average Bonchev–Trinajstić information content (AvgIpc) is 3.21. The lowest BCUT2D eigenvalue weighted by atomic mass is 10.1. The highest BCUT2D eigenvalue weighted by molar-refractivity contribution is 5.90. The van der Waals surface area contributed by atoms with Crippen LogP contribution >= 0.6 is 0 Å². The lowest BCUT2D eigenvalue weighted by Gasteiger charge is -2.16. The van der Waals surface area contributed by atoms with Crippen LogP contribution in [0.3, 0.4) is 0 Å². The van der Waals surface area contributed by atoms with Crippen LogP contribution in [0.5, 0.6) is 0 Å². The number of carbonyl (C=O) groups is 1. The first-order chi connectivity index (χ1) is 15.6. The first kappa shape index (κ1) is 23.2. The summed E-state index contributed by atoms with van der Waals surface area (Å²) in [6, 6.07) is 14.4. The molecular weight excluding hydrogens is 404 g/mol. The van der Waals surface area contributed by atoms with Crippen LogP contribution in [0, 0.1) is 0 Å². The second-order valence-corrected chi connectivity index (χ2v) is 7.54. The number of hydrogen-bond acceptors (Lipinski definition) is 5. The molecule has 0 unspecified atom stereocenters. The fourth-order valence-corrected chi connectivity index (χ4v) is 3.42. The smallest absolute Gasteiger partial charge is 0.267 e. The number of nitrogens with zero attached hydrogens (tertiary/aromatic N) is 2. The number of aliphatic imine (C=N–C) groups is 1. The normalized spacial score (nSPS) is 11.8. The fourth-order valence-electron chi connectivity index (χ4n) is 3.42. The van der Waals surface area contributed by atoms with E-state index in [9.17, 15) is 4.79 Å². The maximum absolute atomic E-state index is 11.0. The zero-order valence-corrected chi connectivity index (χ0v) is 18.4. The van der Waals surface area contributed by atoms with Gasteiger partial charge in [0.2, 0.25) is 0 Å². The molecule has 0 atom stereocenters. The number of fused-ring (bicyclic) bond motifs is 1. The molecule has 0 aliphatic carbocycles. The molecule has 168 valence electrons. The Hall–Kier alpha value is -3.46. The van der Waals surface area contributed by atoms with E-state index in [4.69, 9.17) is 5.21 Å². The van der Waals surface area contributed by atoms with E-state index in [0.29, 0.717) is 0 Å². The third-order valence-corrected chi connectivity index (χ3v) is 5.08. The molecule has 32 heavy (non-hydrogen) atoms. The number of nitrogens with one attached hydrogen (secondary N) is 4. The molecule has 0 fully saturated rings. The Morgan fingerprint density at radius 2 is 1.97 bits per heavy atom. The summed E-state index contributed by atoms with van der Waals surface area (Å²) in [5, 5.41) is 15.2. The largest absolute Gasteiger partial charge is 0.361 e. The number of rotatable bonds is 11. The summed E-state index contributed by atoms with van der Waals surface area (Å²) in [7, 11) is 3.73. The number of aromatic nitrogens is 1. The van der Waals surface area contributed by atoms with Crippen LogP contribution in [0.4, 0.5) is 0 Å². The van der Waals surface area contributed by atoms with E-state index in [2.05, 4.69) is 45.1 Å². The molecule has 0 spiro atoms. The van der Waals surface area contributed by atoms with Crippen LogP contribution in [0.15, 0.2) is 59.7 Å². The van der Waals surface area contributed by atoms with Gasteiger partial charge in [0, 0.05) is 50.4 Å². The number of aromatic amines is 1. The second kappa shape index (κ2) is 11.8. The highest BCUT2D eigenvalue weighted by atomic mass is 16.5. The predicted octanol–water partition coefficient (Wildman–Crippen LogP) is 2.61. The number of hydrazine groups is 1. The maximum atomic E-state index is 11.0. The van der Waals surface area contributed by atoms with E-state index in [1.54, 1.807) is 24.9 Å². The van der Waals surface area contributed by atoms with Crippen molar-refractivity contribution in [2.24, 2.45) is 4.99 Å². The van der Waals surface area contributed by atoms with Gasteiger partial charge in [0.05, 0.1) is 6.34 Å². The molecule has 0 saturated heterocycles. The Balaban J connectivity index is 1.51. The summed E-state index contributed by atoms with van der Waals surface area (Å²) >= 11 is 0. The number of carbonyl (C=O) groups excluding carboxylic acids is 1. The summed E-state index contributed by atoms with van der Waals surface area (Å²) in [5.41, 5.74) is 10.4. The molecule has 3 rings (SSSR count). The minimum atomic E-state index is -0.547. The van der Waals surface area contributed by atoms with Crippen molar-refractivity contribution in [1.29, 1.82) is 0 Å². The molecule has 1 aromatic heterocycles.